The fraction of sp³-hybridized carbons (Fsp3) is 0.417. The zero-order chi connectivity index (χ0) is 11.9. The molecular formula is C12H14BrNO2. The SMILES string of the molecule is CC1Oc2c(Br)cc(C(C)C)cc2NC1=O. The van der Waals surface area contributed by atoms with Gasteiger partial charge in [-0.2, -0.15) is 0 Å². The van der Waals surface area contributed by atoms with Gasteiger partial charge in [0.15, 0.2) is 11.9 Å². The number of halogens is 1. The highest BCUT2D eigenvalue weighted by Crippen LogP contribution is 2.39. The summed E-state index contributed by atoms with van der Waals surface area (Å²) < 4.78 is 6.44. The molecule has 4 heteroatoms. The van der Waals surface area contributed by atoms with Crippen LogP contribution in [0.25, 0.3) is 0 Å². The van der Waals surface area contributed by atoms with Crippen LogP contribution in [-0.2, 0) is 4.79 Å². The summed E-state index contributed by atoms with van der Waals surface area (Å²) in [5.41, 5.74) is 1.92. The Morgan fingerprint density at radius 3 is 2.75 bits per heavy atom. The average Bonchev–Trinajstić information content (AvgIpc) is 2.20. The minimum atomic E-state index is -0.436. The number of carbonyl (C=O) groups is 1. The van der Waals surface area contributed by atoms with E-state index < -0.39 is 6.10 Å². The van der Waals surface area contributed by atoms with E-state index in [1.807, 2.05) is 12.1 Å². The molecular weight excluding hydrogens is 270 g/mol. The van der Waals surface area contributed by atoms with Gasteiger partial charge in [-0.3, -0.25) is 4.79 Å². The first-order chi connectivity index (χ1) is 7.49. The number of carbonyl (C=O) groups excluding carboxylic acids is 1. The Morgan fingerprint density at radius 1 is 1.44 bits per heavy atom. The van der Waals surface area contributed by atoms with Gasteiger partial charge in [0.05, 0.1) is 10.2 Å². The summed E-state index contributed by atoms with van der Waals surface area (Å²) in [4.78, 5) is 11.5. The van der Waals surface area contributed by atoms with Gasteiger partial charge in [0, 0.05) is 0 Å². The van der Waals surface area contributed by atoms with Crippen molar-refractivity contribution in [3.05, 3.63) is 22.2 Å². The molecule has 16 heavy (non-hydrogen) atoms. The Kier molecular flexibility index (Phi) is 2.93. The van der Waals surface area contributed by atoms with E-state index in [1.54, 1.807) is 6.92 Å². The van der Waals surface area contributed by atoms with Gasteiger partial charge in [-0.25, -0.2) is 0 Å². The summed E-state index contributed by atoms with van der Waals surface area (Å²) in [7, 11) is 0. The van der Waals surface area contributed by atoms with Crippen molar-refractivity contribution in [3.63, 3.8) is 0 Å². The maximum absolute atomic E-state index is 11.5. The van der Waals surface area contributed by atoms with Gasteiger partial charge in [0.25, 0.3) is 5.91 Å². The normalized spacial score (nSPS) is 19.1. The number of fused-ring (bicyclic) bond motifs is 1. The first-order valence-electron chi connectivity index (χ1n) is 5.30. The van der Waals surface area contributed by atoms with Gasteiger partial charge >= 0.3 is 0 Å². The van der Waals surface area contributed by atoms with Crippen molar-refractivity contribution in [3.8, 4) is 5.75 Å². The second-order valence-corrected chi connectivity index (χ2v) is 5.14. The van der Waals surface area contributed by atoms with Crippen molar-refractivity contribution in [1.29, 1.82) is 0 Å². The molecule has 1 aliphatic heterocycles. The van der Waals surface area contributed by atoms with E-state index in [0.29, 0.717) is 5.92 Å². The molecule has 1 atom stereocenters. The van der Waals surface area contributed by atoms with Gasteiger partial charge in [-0.1, -0.05) is 13.8 Å². The lowest BCUT2D eigenvalue weighted by molar-refractivity contribution is -0.122. The quantitative estimate of drug-likeness (QED) is 0.859. The van der Waals surface area contributed by atoms with Crippen LogP contribution in [-0.4, -0.2) is 12.0 Å². The van der Waals surface area contributed by atoms with Crippen LogP contribution in [0, 0.1) is 0 Å². The van der Waals surface area contributed by atoms with Gasteiger partial charge in [0.2, 0.25) is 0 Å². The Bertz CT molecular complexity index is 443. The fourth-order valence-corrected chi connectivity index (χ4v) is 2.20. The number of hydrogen-bond donors (Lipinski definition) is 1. The van der Waals surface area contributed by atoms with E-state index in [9.17, 15) is 4.79 Å². The summed E-state index contributed by atoms with van der Waals surface area (Å²) in [5, 5.41) is 2.85. The van der Waals surface area contributed by atoms with Gasteiger partial charge in [-0.05, 0) is 46.5 Å². The Morgan fingerprint density at radius 2 is 2.12 bits per heavy atom. The summed E-state index contributed by atoms with van der Waals surface area (Å²) in [6.07, 6.45) is -0.436. The molecule has 1 aromatic rings. The van der Waals surface area contributed by atoms with E-state index >= 15 is 0 Å². The molecule has 0 saturated carbocycles. The third-order valence-electron chi connectivity index (χ3n) is 2.65. The highest BCUT2D eigenvalue weighted by Gasteiger charge is 2.25. The molecule has 0 aliphatic carbocycles. The first-order valence-corrected chi connectivity index (χ1v) is 6.09. The van der Waals surface area contributed by atoms with E-state index in [0.717, 1.165) is 15.9 Å². The van der Waals surface area contributed by atoms with E-state index in [2.05, 4.69) is 35.1 Å². The number of amides is 1. The van der Waals surface area contributed by atoms with E-state index in [1.165, 1.54) is 5.56 Å². The molecule has 3 nitrogen and oxygen atoms in total. The largest absolute Gasteiger partial charge is 0.478 e. The predicted molar refractivity (Wildman–Crippen MR) is 67.0 cm³/mol. The van der Waals surface area contributed by atoms with Gasteiger partial charge < -0.3 is 10.1 Å². The Balaban J connectivity index is 2.48. The van der Waals surface area contributed by atoms with Crippen molar-refractivity contribution in [1.82, 2.24) is 0 Å². The number of ether oxygens (including phenoxy) is 1. The predicted octanol–water partition coefficient (Wildman–Crippen LogP) is 3.29. The van der Waals surface area contributed by atoms with Crippen LogP contribution in [0.15, 0.2) is 16.6 Å². The molecule has 1 unspecified atom stereocenters. The van der Waals surface area contributed by atoms with E-state index in [-0.39, 0.29) is 5.91 Å². The summed E-state index contributed by atoms with van der Waals surface area (Å²) in [6, 6.07) is 4.00. The lowest BCUT2D eigenvalue weighted by Crippen LogP contribution is -2.34. The monoisotopic (exact) mass is 283 g/mol. The van der Waals surface area contributed by atoms with E-state index in [4.69, 9.17) is 4.74 Å². The summed E-state index contributed by atoms with van der Waals surface area (Å²) in [6.45, 7) is 5.96. The molecule has 1 aromatic carbocycles. The van der Waals surface area contributed by atoms with Crippen LogP contribution in [0.5, 0.6) is 5.75 Å². The molecule has 0 aromatic heterocycles. The minimum absolute atomic E-state index is 0.0969. The standard InChI is InChI=1S/C12H14BrNO2/c1-6(2)8-4-9(13)11-10(5-8)14-12(15)7(3)16-11/h4-7H,1-3H3,(H,14,15). The zero-order valence-electron chi connectivity index (χ0n) is 9.50. The average molecular weight is 284 g/mol. The van der Waals surface area contributed by atoms with Crippen LogP contribution < -0.4 is 10.1 Å². The second-order valence-electron chi connectivity index (χ2n) is 4.28. The second kappa shape index (κ2) is 4.09. The molecule has 1 aliphatic rings. The number of rotatable bonds is 1. The molecule has 0 saturated heterocycles. The number of hydrogen-bond acceptors (Lipinski definition) is 2. The zero-order valence-corrected chi connectivity index (χ0v) is 11.1. The fourth-order valence-electron chi connectivity index (χ4n) is 1.63. The molecule has 0 fully saturated rings. The molecule has 86 valence electrons. The molecule has 1 heterocycles. The molecule has 0 spiro atoms. The summed E-state index contributed by atoms with van der Waals surface area (Å²) >= 11 is 3.47. The Labute approximate surface area is 103 Å². The van der Waals surface area contributed by atoms with Crippen LogP contribution >= 0.6 is 15.9 Å². The van der Waals surface area contributed by atoms with Gasteiger partial charge in [-0.15, -0.1) is 0 Å². The highest BCUT2D eigenvalue weighted by atomic mass is 79.9. The lowest BCUT2D eigenvalue weighted by Gasteiger charge is -2.25. The third-order valence-corrected chi connectivity index (χ3v) is 3.24. The maximum Gasteiger partial charge on any atom is 0.265 e. The molecule has 0 radical (unpaired) electrons. The minimum Gasteiger partial charge on any atom is -0.478 e. The van der Waals surface area contributed by atoms with Crippen LogP contribution in [0.2, 0.25) is 0 Å². The smallest absolute Gasteiger partial charge is 0.265 e. The lowest BCUT2D eigenvalue weighted by atomic mass is 10.0. The molecule has 2 rings (SSSR count). The Hall–Kier alpha value is -1.03. The highest BCUT2D eigenvalue weighted by molar-refractivity contribution is 9.10. The van der Waals surface area contributed by atoms with Crippen molar-refractivity contribution < 1.29 is 9.53 Å². The number of benzene rings is 1. The molecule has 1 amide bonds. The topological polar surface area (TPSA) is 38.3 Å². The molecule has 1 N–H and O–H groups in total. The van der Waals surface area contributed by atoms with Crippen LogP contribution in [0.1, 0.15) is 32.3 Å². The van der Waals surface area contributed by atoms with Crippen molar-refractivity contribution in [2.45, 2.75) is 32.8 Å². The van der Waals surface area contributed by atoms with Crippen molar-refractivity contribution in [2.75, 3.05) is 5.32 Å². The van der Waals surface area contributed by atoms with Crippen molar-refractivity contribution >= 4 is 27.5 Å². The summed E-state index contributed by atoms with van der Waals surface area (Å²) in [5.74, 6) is 1.04. The van der Waals surface area contributed by atoms with Crippen molar-refractivity contribution in [2.24, 2.45) is 0 Å². The molecule has 0 bridgehead atoms. The number of nitrogens with one attached hydrogen (secondary N) is 1. The van der Waals surface area contributed by atoms with Crippen LogP contribution in [0.3, 0.4) is 0 Å². The maximum atomic E-state index is 11.5. The first kappa shape index (κ1) is 11.5. The number of anilines is 1. The third kappa shape index (κ3) is 1.94. The van der Waals surface area contributed by atoms with Gasteiger partial charge in [0.1, 0.15) is 0 Å². The van der Waals surface area contributed by atoms with Crippen LogP contribution in [0.4, 0.5) is 5.69 Å².